The SMILES string of the molecule is [C-]#[N+]CC(=O)NCCc1ccc(C)cc1. The Morgan fingerprint density at radius 3 is 2.67 bits per heavy atom. The van der Waals surface area contributed by atoms with Crippen molar-refractivity contribution in [3.8, 4) is 0 Å². The molecule has 3 nitrogen and oxygen atoms in total. The van der Waals surface area contributed by atoms with E-state index in [9.17, 15) is 4.79 Å². The molecule has 1 rings (SSSR count). The molecule has 0 saturated heterocycles. The van der Waals surface area contributed by atoms with Crippen LogP contribution in [-0.2, 0) is 11.2 Å². The van der Waals surface area contributed by atoms with Gasteiger partial charge in [0.05, 0.1) is 0 Å². The predicted octanol–water partition coefficient (Wildman–Crippen LogP) is 1.57. The zero-order chi connectivity index (χ0) is 11.1. The highest BCUT2D eigenvalue weighted by Gasteiger charge is 2.01. The summed E-state index contributed by atoms with van der Waals surface area (Å²) in [5, 5.41) is 2.69. The third-order valence-electron chi connectivity index (χ3n) is 2.08. The van der Waals surface area contributed by atoms with Gasteiger partial charge in [-0.1, -0.05) is 29.8 Å². The quantitative estimate of drug-likeness (QED) is 0.739. The topological polar surface area (TPSA) is 33.5 Å². The number of rotatable bonds is 4. The third-order valence-corrected chi connectivity index (χ3v) is 2.08. The largest absolute Gasteiger partial charge is 0.349 e. The minimum absolute atomic E-state index is 0.0755. The first kappa shape index (κ1) is 11.3. The zero-order valence-electron chi connectivity index (χ0n) is 8.79. The fraction of sp³-hybridized carbons (Fsp3) is 0.333. The van der Waals surface area contributed by atoms with Crippen LogP contribution >= 0.6 is 0 Å². The highest BCUT2D eigenvalue weighted by molar-refractivity contribution is 5.79. The van der Waals surface area contributed by atoms with Crippen LogP contribution in [0.25, 0.3) is 4.85 Å². The maximum atomic E-state index is 11.0. The number of hydrogen-bond acceptors (Lipinski definition) is 1. The molecule has 0 bridgehead atoms. The monoisotopic (exact) mass is 202 g/mol. The molecule has 3 heteroatoms. The average Bonchev–Trinajstić information content (AvgIpc) is 2.21. The molecule has 1 aromatic rings. The first-order valence-corrected chi connectivity index (χ1v) is 4.88. The molecule has 0 aliphatic rings. The van der Waals surface area contributed by atoms with Crippen molar-refractivity contribution < 1.29 is 4.79 Å². The van der Waals surface area contributed by atoms with Crippen LogP contribution in [0.1, 0.15) is 11.1 Å². The maximum Gasteiger partial charge on any atom is 0.300 e. The van der Waals surface area contributed by atoms with Crippen molar-refractivity contribution >= 4 is 5.91 Å². The van der Waals surface area contributed by atoms with E-state index in [2.05, 4.69) is 34.4 Å². The summed E-state index contributed by atoms with van der Waals surface area (Å²) < 4.78 is 0. The van der Waals surface area contributed by atoms with Crippen LogP contribution in [-0.4, -0.2) is 19.0 Å². The van der Waals surface area contributed by atoms with Crippen LogP contribution in [0.15, 0.2) is 24.3 Å². The Balaban J connectivity index is 2.29. The Morgan fingerprint density at radius 1 is 1.40 bits per heavy atom. The van der Waals surface area contributed by atoms with E-state index in [0.29, 0.717) is 6.54 Å². The van der Waals surface area contributed by atoms with E-state index in [1.165, 1.54) is 11.1 Å². The first-order valence-electron chi connectivity index (χ1n) is 4.88. The summed E-state index contributed by atoms with van der Waals surface area (Å²) in [5.74, 6) is -0.197. The third kappa shape index (κ3) is 4.28. The van der Waals surface area contributed by atoms with Crippen LogP contribution in [0.4, 0.5) is 0 Å². The van der Waals surface area contributed by atoms with Crippen molar-refractivity contribution in [2.75, 3.05) is 13.1 Å². The highest BCUT2D eigenvalue weighted by atomic mass is 16.1. The average molecular weight is 202 g/mol. The van der Waals surface area contributed by atoms with Gasteiger partial charge in [-0.05, 0) is 18.9 Å². The van der Waals surface area contributed by atoms with Gasteiger partial charge < -0.3 is 10.2 Å². The van der Waals surface area contributed by atoms with Crippen molar-refractivity contribution in [1.29, 1.82) is 0 Å². The van der Waals surface area contributed by atoms with E-state index < -0.39 is 0 Å². The lowest BCUT2D eigenvalue weighted by molar-refractivity contribution is -0.119. The molecular weight excluding hydrogens is 188 g/mol. The Hall–Kier alpha value is -1.82. The second-order valence-corrected chi connectivity index (χ2v) is 3.40. The molecule has 0 atom stereocenters. The van der Waals surface area contributed by atoms with E-state index in [0.717, 1.165) is 6.42 Å². The molecule has 1 aromatic carbocycles. The van der Waals surface area contributed by atoms with E-state index in [1.54, 1.807) is 0 Å². The molecule has 15 heavy (non-hydrogen) atoms. The Morgan fingerprint density at radius 2 is 2.07 bits per heavy atom. The van der Waals surface area contributed by atoms with Crippen LogP contribution in [0, 0.1) is 13.5 Å². The standard InChI is InChI=1S/C12H14N2O/c1-10-3-5-11(6-4-10)7-8-14-12(15)9-13-2/h3-6H,7-9H2,1H3,(H,14,15). The number of aryl methyl sites for hydroxylation is 1. The van der Waals surface area contributed by atoms with E-state index in [1.807, 2.05) is 6.92 Å². The van der Waals surface area contributed by atoms with Gasteiger partial charge in [-0.15, -0.1) is 0 Å². The minimum Gasteiger partial charge on any atom is -0.349 e. The lowest BCUT2D eigenvalue weighted by Crippen LogP contribution is -2.27. The number of carbonyl (C=O) groups is 1. The predicted molar refractivity (Wildman–Crippen MR) is 59.4 cm³/mol. The van der Waals surface area contributed by atoms with Crippen molar-refractivity contribution in [3.63, 3.8) is 0 Å². The minimum atomic E-state index is -0.197. The van der Waals surface area contributed by atoms with Gasteiger partial charge >= 0.3 is 0 Å². The fourth-order valence-electron chi connectivity index (χ4n) is 1.23. The lowest BCUT2D eigenvalue weighted by atomic mass is 10.1. The molecule has 0 saturated carbocycles. The molecule has 0 aromatic heterocycles. The smallest absolute Gasteiger partial charge is 0.300 e. The fourth-order valence-corrected chi connectivity index (χ4v) is 1.23. The van der Waals surface area contributed by atoms with Gasteiger partial charge in [0.25, 0.3) is 12.5 Å². The second kappa shape index (κ2) is 5.82. The zero-order valence-corrected chi connectivity index (χ0v) is 8.79. The number of benzene rings is 1. The van der Waals surface area contributed by atoms with Gasteiger partial charge in [-0.3, -0.25) is 4.79 Å². The van der Waals surface area contributed by atoms with Gasteiger partial charge in [0.2, 0.25) is 0 Å². The number of hydrogen-bond donors (Lipinski definition) is 1. The summed E-state index contributed by atoms with van der Waals surface area (Å²) in [4.78, 5) is 14.0. The number of nitrogens with one attached hydrogen (secondary N) is 1. The van der Waals surface area contributed by atoms with Crippen molar-refractivity contribution in [1.82, 2.24) is 5.32 Å². The molecule has 0 fully saturated rings. The Bertz CT molecular complexity index is 362. The highest BCUT2D eigenvalue weighted by Crippen LogP contribution is 2.02. The van der Waals surface area contributed by atoms with Crippen LogP contribution in [0.5, 0.6) is 0 Å². The summed E-state index contributed by atoms with van der Waals surface area (Å²) in [6.07, 6.45) is 0.810. The number of carbonyl (C=O) groups excluding carboxylic acids is 1. The lowest BCUT2D eigenvalue weighted by Gasteiger charge is -2.02. The molecular formula is C12H14N2O. The molecule has 1 N–H and O–H groups in total. The van der Waals surface area contributed by atoms with E-state index in [4.69, 9.17) is 6.57 Å². The van der Waals surface area contributed by atoms with Gasteiger partial charge in [0.1, 0.15) is 0 Å². The van der Waals surface area contributed by atoms with E-state index in [-0.39, 0.29) is 12.5 Å². The van der Waals surface area contributed by atoms with Crippen LogP contribution in [0.3, 0.4) is 0 Å². The summed E-state index contributed by atoms with van der Waals surface area (Å²) >= 11 is 0. The summed E-state index contributed by atoms with van der Waals surface area (Å²) in [7, 11) is 0. The summed E-state index contributed by atoms with van der Waals surface area (Å²) in [6.45, 7) is 9.08. The molecule has 0 aliphatic carbocycles. The normalized spacial score (nSPS) is 9.33. The molecule has 0 heterocycles. The van der Waals surface area contributed by atoms with Crippen molar-refractivity contribution in [2.24, 2.45) is 0 Å². The van der Waals surface area contributed by atoms with Gasteiger partial charge in [-0.2, -0.15) is 0 Å². The van der Waals surface area contributed by atoms with Crippen molar-refractivity contribution in [3.05, 3.63) is 46.8 Å². The first-order chi connectivity index (χ1) is 7.22. The molecule has 0 spiro atoms. The molecule has 0 unspecified atom stereocenters. The van der Waals surface area contributed by atoms with Crippen LogP contribution in [0.2, 0.25) is 0 Å². The Kier molecular flexibility index (Phi) is 4.36. The van der Waals surface area contributed by atoms with Gasteiger partial charge in [0, 0.05) is 6.54 Å². The van der Waals surface area contributed by atoms with Gasteiger partial charge in [0.15, 0.2) is 0 Å². The van der Waals surface area contributed by atoms with Crippen molar-refractivity contribution in [2.45, 2.75) is 13.3 Å². The number of nitrogens with zero attached hydrogens (tertiary/aromatic N) is 1. The molecule has 1 amide bonds. The summed E-state index contributed by atoms with van der Waals surface area (Å²) in [6, 6.07) is 8.21. The second-order valence-electron chi connectivity index (χ2n) is 3.40. The molecule has 78 valence electrons. The summed E-state index contributed by atoms with van der Waals surface area (Å²) in [5.41, 5.74) is 2.43. The molecule has 0 radical (unpaired) electrons. The Labute approximate surface area is 89.9 Å². The van der Waals surface area contributed by atoms with E-state index >= 15 is 0 Å². The number of amides is 1. The molecule has 0 aliphatic heterocycles. The van der Waals surface area contributed by atoms with Gasteiger partial charge in [-0.25, -0.2) is 6.57 Å². The van der Waals surface area contributed by atoms with Crippen LogP contribution < -0.4 is 5.32 Å². The maximum absolute atomic E-state index is 11.0.